The van der Waals surface area contributed by atoms with Crippen LogP contribution in [-0.4, -0.2) is 63.2 Å². The predicted molar refractivity (Wildman–Crippen MR) is 64.2 cm³/mol. The van der Waals surface area contributed by atoms with Gasteiger partial charge in [-0.3, -0.25) is 4.90 Å². The maximum atomic E-state index is 11.6. The molecule has 16 heavy (non-hydrogen) atoms. The van der Waals surface area contributed by atoms with E-state index in [9.17, 15) is 8.42 Å². The third kappa shape index (κ3) is 4.37. The molecule has 1 fully saturated rings. The fraction of sp³-hybridized carbons (Fsp3) is 1.00. The van der Waals surface area contributed by atoms with Gasteiger partial charge in [-0.05, 0) is 13.8 Å². The number of nitrogens with zero attached hydrogens (tertiary/aromatic N) is 1. The van der Waals surface area contributed by atoms with Crippen LogP contribution in [0.4, 0.5) is 0 Å². The summed E-state index contributed by atoms with van der Waals surface area (Å²) in [4.78, 5) is 2.24. The summed E-state index contributed by atoms with van der Waals surface area (Å²) in [6, 6.07) is 0.434. The molecule has 0 bridgehead atoms. The molecule has 0 spiro atoms. The maximum Gasteiger partial charge on any atom is 0.154 e. The molecule has 1 aliphatic rings. The van der Waals surface area contributed by atoms with Crippen LogP contribution in [0.5, 0.6) is 0 Å². The summed E-state index contributed by atoms with van der Waals surface area (Å²) in [5.74, 6) is 0.141. The summed E-state index contributed by atoms with van der Waals surface area (Å²) < 4.78 is 28.7. The molecule has 0 aromatic heterocycles. The van der Waals surface area contributed by atoms with Gasteiger partial charge in [0.1, 0.15) is 0 Å². The van der Waals surface area contributed by atoms with Gasteiger partial charge in [0.2, 0.25) is 0 Å². The molecule has 0 aromatic rings. The second kappa shape index (κ2) is 5.95. The van der Waals surface area contributed by atoms with Crippen LogP contribution >= 0.6 is 0 Å². The first-order valence-corrected chi connectivity index (χ1v) is 7.53. The van der Waals surface area contributed by atoms with Gasteiger partial charge in [0.05, 0.1) is 24.2 Å². The second-order valence-corrected chi connectivity index (χ2v) is 6.71. The van der Waals surface area contributed by atoms with Gasteiger partial charge in [-0.25, -0.2) is 8.42 Å². The molecular formula is C10H22N2O3S. The summed E-state index contributed by atoms with van der Waals surface area (Å²) in [5, 5.41) is 0. The van der Waals surface area contributed by atoms with Crippen molar-refractivity contribution in [3.8, 4) is 0 Å². The lowest BCUT2D eigenvalue weighted by Gasteiger charge is -2.35. The lowest BCUT2D eigenvalue weighted by molar-refractivity contribution is -0.0272. The fourth-order valence-corrected chi connectivity index (χ4v) is 3.15. The molecule has 0 radical (unpaired) electrons. The zero-order valence-electron chi connectivity index (χ0n) is 10.1. The summed E-state index contributed by atoms with van der Waals surface area (Å²) in [6.07, 6.45) is -0.201. The van der Waals surface area contributed by atoms with Gasteiger partial charge in [0.25, 0.3) is 0 Å². The van der Waals surface area contributed by atoms with Crippen LogP contribution in [0.3, 0.4) is 0 Å². The summed E-state index contributed by atoms with van der Waals surface area (Å²) >= 11 is 0. The fourth-order valence-electron chi connectivity index (χ4n) is 1.86. The number of hydrogen-bond acceptors (Lipinski definition) is 5. The molecule has 1 unspecified atom stereocenters. The van der Waals surface area contributed by atoms with Gasteiger partial charge >= 0.3 is 0 Å². The van der Waals surface area contributed by atoms with Crippen molar-refractivity contribution >= 4 is 9.84 Å². The van der Waals surface area contributed by atoms with Crippen LogP contribution in [0, 0.1) is 0 Å². The van der Waals surface area contributed by atoms with E-state index in [0.717, 1.165) is 6.54 Å². The van der Waals surface area contributed by atoms with E-state index in [0.29, 0.717) is 19.2 Å². The number of rotatable bonds is 5. The molecule has 1 rings (SSSR count). The van der Waals surface area contributed by atoms with Crippen molar-refractivity contribution in [3.05, 3.63) is 0 Å². The van der Waals surface area contributed by atoms with Gasteiger partial charge in [-0.2, -0.15) is 0 Å². The Labute approximate surface area is 97.9 Å². The van der Waals surface area contributed by atoms with Gasteiger partial charge in [0.15, 0.2) is 9.84 Å². The Kier molecular flexibility index (Phi) is 5.17. The van der Waals surface area contributed by atoms with E-state index < -0.39 is 9.84 Å². The number of hydrogen-bond donors (Lipinski definition) is 1. The molecule has 1 saturated heterocycles. The predicted octanol–water partition coefficient (Wildman–Crippen LogP) is -0.531. The molecule has 0 aliphatic carbocycles. The van der Waals surface area contributed by atoms with Crippen LogP contribution in [0.1, 0.15) is 13.8 Å². The highest BCUT2D eigenvalue weighted by Crippen LogP contribution is 2.10. The minimum absolute atomic E-state index is 0.0501. The molecule has 5 nitrogen and oxygen atoms in total. The van der Waals surface area contributed by atoms with Crippen LogP contribution in [-0.2, 0) is 14.6 Å². The van der Waals surface area contributed by atoms with E-state index in [1.165, 1.54) is 0 Å². The highest BCUT2D eigenvalue weighted by molar-refractivity contribution is 7.91. The zero-order chi connectivity index (χ0) is 12.2. The van der Waals surface area contributed by atoms with Crippen LogP contribution in [0.15, 0.2) is 0 Å². The van der Waals surface area contributed by atoms with Crippen LogP contribution in [0.2, 0.25) is 0 Å². The van der Waals surface area contributed by atoms with Gasteiger partial charge < -0.3 is 10.5 Å². The average Bonchev–Trinajstić information content (AvgIpc) is 2.17. The highest BCUT2D eigenvalue weighted by atomic mass is 32.2. The summed E-state index contributed by atoms with van der Waals surface area (Å²) in [7, 11) is -3.06. The smallest absolute Gasteiger partial charge is 0.154 e. The lowest BCUT2D eigenvalue weighted by atomic mass is 10.2. The van der Waals surface area contributed by atoms with Crippen molar-refractivity contribution in [1.82, 2.24) is 4.90 Å². The number of nitrogens with two attached hydrogens (primary N) is 1. The second-order valence-electron chi connectivity index (χ2n) is 4.48. The molecule has 0 amide bonds. The third-order valence-electron chi connectivity index (χ3n) is 2.77. The molecule has 0 saturated carbocycles. The maximum absolute atomic E-state index is 11.6. The van der Waals surface area contributed by atoms with Gasteiger partial charge in [0, 0.05) is 25.7 Å². The average molecular weight is 250 g/mol. The SMILES string of the molecule is CC(C)N1CCOC(CS(=O)(=O)CCN)C1. The van der Waals surface area contributed by atoms with Crippen molar-refractivity contribution in [1.29, 1.82) is 0 Å². The first-order valence-electron chi connectivity index (χ1n) is 5.71. The van der Waals surface area contributed by atoms with E-state index in [4.69, 9.17) is 10.5 Å². The summed E-state index contributed by atoms with van der Waals surface area (Å²) in [6.45, 7) is 6.59. The topological polar surface area (TPSA) is 72.6 Å². The molecular weight excluding hydrogens is 228 g/mol. The lowest BCUT2D eigenvalue weighted by Crippen LogP contribution is -2.48. The van der Waals surface area contributed by atoms with E-state index >= 15 is 0 Å². The first kappa shape index (κ1) is 13.9. The van der Waals surface area contributed by atoms with Crippen LogP contribution in [0.25, 0.3) is 0 Å². The molecule has 0 aromatic carbocycles. The van der Waals surface area contributed by atoms with E-state index in [2.05, 4.69) is 18.7 Å². The molecule has 6 heteroatoms. The summed E-state index contributed by atoms with van der Waals surface area (Å²) in [5.41, 5.74) is 5.26. The quantitative estimate of drug-likeness (QED) is 0.710. The van der Waals surface area contributed by atoms with Crippen molar-refractivity contribution in [2.45, 2.75) is 26.0 Å². The zero-order valence-corrected chi connectivity index (χ0v) is 10.9. The number of ether oxygens (including phenoxy) is 1. The normalized spacial score (nSPS) is 23.9. The Morgan fingerprint density at radius 1 is 1.50 bits per heavy atom. The molecule has 2 N–H and O–H groups in total. The van der Waals surface area contributed by atoms with E-state index in [1.807, 2.05) is 0 Å². The minimum Gasteiger partial charge on any atom is -0.374 e. The van der Waals surface area contributed by atoms with E-state index in [1.54, 1.807) is 0 Å². The van der Waals surface area contributed by atoms with Gasteiger partial charge in [-0.15, -0.1) is 0 Å². The third-order valence-corrected chi connectivity index (χ3v) is 4.51. The standard InChI is InChI=1S/C10H22N2O3S/c1-9(2)12-4-5-15-10(7-12)8-16(13,14)6-3-11/h9-10H,3-8,11H2,1-2H3. The van der Waals surface area contributed by atoms with Crippen LogP contribution < -0.4 is 5.73 Å². The Hall–Kier alpha value is -0.170. The van der Waals surface area contributed by atoms with Crippen molar-refractivity contribution < 1.29 is 13.2 Å². The first-order chi connectivity index (χ1) is 7.44. The Bertz CT molecular complexity index is 303. The number of sulfone groups is 1. The number of morpholine rings is 1. The molecule has 1 heterocycles. The highest BCUT2D eigenvalue weighted by Gasteiger charge is 2.26. The van der Waals surface area contributed by atoms with Gasteiger partial charge in [-0.1, -0.05) is 0 Å². The van der Waals surface area contributed by atoms with Crippen molar-refractivity contribution in [2.75, 3.05) is 37.7 Å². The molecule has 1 atom stereocenters. The molecule has 96 valence electrons. The van der Waals surface area contributed by atoms with Crippen molar-refractivity contribution in [2.24, 2.45) is 5.73 Å². The Balaban J connectivity index is 2.49. The largest absolute Gasteiger partial charge is 0.374 e. The van der Waals surface area contributed by atoms with E-state index in [-0.39, 0.29) is 24.2 Å². The Morgan fingerprint density at radius 3 is 2.75 bits per heavy atom. The molecule has 1 aliphatic heterocycles. The Morgan fingerprint density at radius 2 is 2.19 bits per heavy atom. The monoisotopic (exact) mass is 250 g/mol. The van der Waals surface area contributed by atoms with Crippen molar-refractivity contribution in [3.63, 3.8) is 0 Å². The minimum atomic E-state index is -3.06.